The molecule has 5 rings (SSSR count). The van der Waals surface area contributed by atoms with Gasteiger partial charge >= 0.3 is 0 Å². The lowest BCUT2D eigenvalue weighted by atomic mass is 10.0. The third kappa shape index (κ3) is 4.85. The maximum Gasteiger partial charge on any atom is 0.262 e. The standard InChI is InChI=1S/C28H23N3O3S/c1-17-8-9-18(2)22(14-17)24-16-35-28(30-24)31-26(32)23-15-19-6-4-5-7-25(19)34-27(23)29-20-10-12-21(33-3)13-11-20/h4-16H,1-3H3,(H,30,31,32). The summed E-state index contributed by atoms with van der Waals surface area (Å²) in [7, 11) is 1.61. The molecule has 0 saturated carbocycles. The van der Waals surface area contributed by atoms with E-state index in [1.165, 1.54) is 11.3 Å². The van der Waals surface area contributed by atoms with Crippen molar-refractivity contribution >= 4 is 39.0 Å². The second kappa shape index (κ2) is 9.56. The zero-order chi connectivity index (χ0) is 24.4. The highest BCUT2D eigenvalue weighted by Gasteiger charge is 2.16. The molecule has 174 valence electrons. The molecular formula is C28H23N3O3S. The number of fused-ring (bicyclic) bond motifs is 1. The summed E-state index contributed by atoms with van der Waals surface area (Å²) in [5.41, 5.74) is 6.00. The normalized spacial score (nSPS) is 11.6. The summed E-state index contributed by atoms with van der Waals surface area (Å²) in [5, 5.41) is 6.18. The van der Waals surface area contributed by atoms with E-state index in [9.17, 15) is 4.79 Å². The van der Waals surface area contributed by atoms with Crippen molar-refractivity contribution in [3.63, 3.8) is 0 Å². The van der Waals surface area contributed by atoms with E-state index < -0.39 is 0 Å². The molecule has 0 saturated heterocycles. The minimum atomic E-state index is -0.339. The van der Waals surface area contributed by atoms with Crippen molar-refractivity contribution in [2.75, 3.05) is 12.4 Å². The second-order valence-corrected chi connectivity index (χ2v) is 8.98. The van der Waals surface area contributed by atoms with E-state index in [0.29, 0.717) is 22.0 Å². The van der Waals surface area contributed by atoms with Gasteiger partial charge in [0.25, 0.3) is 5.91 Å². The minimum absolute atomic E-state index is 0.220. The number of rotatable bonds is 5. The maximum absolute atomic E-state index is 13.4. The van der Waals surface area contributed by atoms with Crippen LogP contribution in [0.2, 0.25) is 0 Å². The van der Waals surface area contributed by atoms with Gasteiger partial charge < -0.3 is 9.15 Å². The van der Waals surface area contributed by atoms with Gasteiger partial charge in [-0.15, -0.1) is 11.3 Å². The monoisotopic (exact) mass is 481 g/mol. The molecule has 7 heteroatoms. The number of aromatic nitrogens is 1. The molecule has 0 unspecified atom stereocenters. The van der Waals surface area contributed by atoms with Gasteiger partial charge in [-0.1, -0.05) is 35.9 Å². The van der Waals surface area contributed by atoms with Gasteiger partial charge in [-0.25, -0.2) is 9.98 Å². The van der Waals surface area contributed by atoms with E-state index >= 15 is 0 Å². The molecule has 0 bridgehead atoms. The molecule has 0 aliphatic rings. The van der Waals surface area contributed by atoms with Gasteiger partial charge in [0.1, 0.15) is 16.9 Å². The number of carbonyl (C=O) groups is 1. The molecule has 2 aromatic heterocycles. The molecule has 1 N–H and O–H groups in total. The first kappa shape index (κ1) is 22.6. The van der Waals surface area contributed by atoms with Crippen LogP contribution in [0.1, 0.15) is 21.5 Å². The molecule has 0 aliphatic heterocycles. The van der Waals surface area contributed by atoms with Gasteiger partial charge in [0.2, 0.25) is 5.55 Å². The number of nitrogens with one attached hydrogen (secondary N) is 1. The zero-order valence-corrected chi connectivity index (χ0v) is 20.3. The molecule has 0 fully saturated rings. The van der Waals surface area contributed by atoms with Gasteiger partial charge in [0, 0.05) is 16.3 Å². The number of anilines is 1. The van der Waals surface area contributed by atoms with E-state index in [1.807, 2.05) is 53.9 Å². The van der Waals surface area contributed by atoms with Gasteiger partial charge in [0.05, 0.1) is 18.5 Å². The van der Waals surface area contributed by atoms with Crippen molar-refractivity contribution in [2.24, 2.45) is 4.99 Å². The number of para-hydroxylation sites is 1. The zero-order valence-electron chi connectivity index (χ0n) is 19.5. The molecule has 1 amide bonds. The number of aryl methyl sites for hydroxylation is 2. The number of ether oxygens (including phenoxy) is 1. The number of benzene rings is 3. The SMILES string of the molecule is COc1ccc(N=c2oc3ccccc3cc2C(=O)Nc2nc(-c3cc(C)ccc3C)cs2)cc1. The predicted octanol–water partition coefficient (Wildman–Crippen LogP) is 6.67. The number of amides is 1. The average Bonchev–Trinajstić information content (AvgIpc) is 3.33. The minimum Gasteiger partial charge on any atom is -0.497 e. The second-order valence-electron chi connectivity index (χ2n) is 8.12. The fourth-order valence-electron chi connectivity index (χ4n) is 3.72. The molecule has 6 nitrogen and oxygen atoms in total. The summed E-state index contributed by atoms with van der Waals surface area (Å²) in [6.45, 7) is 4.10. The molecule has 5 aromatic rings. The summed E-state index contributed by atoms with van der Waals surface area (Å²) in [5.74, 6) is 0.384. The first-order valence-corrected chi connectivity index (χ1v) is 11.9. The number of carbonyl (C=O) groups excluding carboxylic acids is 1. The Morgan fingerprint density at radius 1 is 1.03 bits per heavy atom. The Labute approximate surface area is 206 Å². The van der Waals surface area contributed by atoms with E-state index in [-0.39, 0.29) is 11.5 Å². The van der Waals surface area contributed by atoms with Crippen molar-refractivity contribution in [3.8, 4) is 17.0 Å². The van der Waals surface area contributed by atoms with Crippen LogP contribution in [0.5, 0.6) is 5.75 Å². The van der Waals surface area contributed by atoms with Crippen molar-refractivity contribution in [2.45, 2.75) is 13.8 Å². The Hall–Kier alpha value is -4.23. The molecular weight excluding hydrogens is 458 g/mol. The highest BCUT2D eigenvalue weighted by atomic mass is 32.1. The van der Waals surface area contributed by atoms with E-state index in [2.05, 4.69) is 47.3 Å². The van der Waals surface area contributed by atoms with Crippen molar-refractivity contribution in [3.05, 3.63) is 100 Å². The first-order chi connectivity index (χ1) is 17.0. The van der Waals surface area contributed by atoms with E-state index in [4.69, 9.17) is 9.15 Å². The van der Waals surface area contributed by atoms with Crippen LogP contribution in [0.4, 0.5) is 10.8 Å². The van der Waals surface area contributed by atoms with Crippen LogP contribution in [-0.4, -0.2) is 18.0 Å². The van der Waals surface area contributed by atoms with Gasteiger partial charge in [-0.05, 0) is 61.9 Å². The Balaban J connectivity index is 1.52. The van der Waals surface area contributed by atoms with Crippen LogP contribution in [0.15, 0.2) is 87.6 Å². The van der Waals surface area contributed by atoms with Crippen LogP contribution in [0, 0.1) is 13.8 Å². The van der Waals surface area contributed by atoms with Crippen LogP contribution in [-0.2, 0) is 0 Å². The third-order valence-corrected chi connectivity index (χ3v) is 6.35. The fraction of sp³-hybridized carbons (Fsp3) is 0.107. The lowest BCUT2D eigenvalue weighted by Gasteiger charge is -2.06. The topological polar surface area (TPSA) is 76.7 Å². The molecule has 0 radical (unpaired) electrons. The van der Waals surface area contributed by atoms with Gasteiger partial charge in [0.15, 0.2) is 5.13 Å². The Bertz CT molecular complexity index is 1600. The predicted molar refractivity (Wildman–Crippen MR) is 139 cm³/mol. The van der Waals surface area contributed by atoms with Crippen molar-refractivity contribution < 1.29 is 13.9 Å². The number of methoxy groups -OCH3 is 1. The molecule has 3 aromatic carbocycles. The van der Waals surface area contributed by atoms with Crippen molar-refractivity contribution in [1.29, 1.82) is 0 Å². The molecule has 2 heterocycles. The van der Waals surface area contributed by atoms with Gasteiger partial charge in [-0.3, -0.25) is 10.1 Å². The number of hydrogen-bond acceptors (Lipinski definition) is 6. The summed E-state index contributed by atoms with van der Waals surface area (Å²) >= 11 is 1.38. The Morgan fingerprint density at radius 2 is 1.83 bits per heavy atom. The average molecular weight is 482 g/mol. The lowest BCUT2D eigenvalue weighted by molar-refractivity contribution is 0.102. The summed E-state index contributed by atoms with van der Waals surface area (Å²) in [6, 6.07) is 22.8. The highest BCUT2D eigenvalue weighted by Crippen LogP contribution is 2.28. The third-order valence-electron chi connectivity index (χ3n) is 5.60. The smallest absolute Gasteiger partial charge is 0.262 e. The van der Waals surface area contributed by atoms with Crippen LogP contribution in [0.25, 0.3) is 22.2 Å². The number of thiazole rings is 1. The quantitative estimate of drug-likeness (QED) is 0.304. The largest absolute Gasteiger partial charge is 0.497 e. The van der Waals surface area contributed by atoms with E-state index in [1.54, 1.807) is 13.2 Å². The molecule has 35 heavy (non-hydrogen) atoms. The fourth-order valence-corrected chi connectivity index (χ4v) is 4.43. The van der Waals surface area contributed by atoms with Gasteiger partial charge in [-0.2, -0.15) is 0 Å². The van der Waals surface area contributed by atoms with Crippen LogP contribution < -0.4 is 15.6 Å². The molecule has 0 atom stereocenters. The number of hydrogen-bond donors (Lipinski definition) is 1. The Morgan fingerprint density at radius 3 is 2.63 bits per heavy atom. The number of nitrogens with zero attached hydrogens (tertiary/aromatic N) is 2. The van der Waals surface area contributed by atoms with Crippen LogP contribution >= 0.6 is 11.3 Å². The Kier molecular flexibility index (Phi) is 6.16. The van der Waals surface area contributed by atoms with Crippen molar-refractivity contribution in [1.82, 2.24) is 4.98 Å². The molecule has 0 spiro atoms. The maximum atomic E-state index is 13.4. The van der Waals surface area contributed by atoms with E-state index in [0.717, 1.165) is 33.5 Å². The summed E-state index contributed by atoms with van der Waals surface area (Å²) in [6.07, 6.45) is 0. The molecule has 0 aliphatic carbocycles. The van der Waals surface area contributed by atoms with Crippen LogP contribution in [0.3, 0.4) is 0 Å². The summed E-state index contributed by atoms with van der Waals surface area (Å²) < 4.78 is 11.3. The first-order valence-electron chi connectivity index (χ1n) is 11.1. The highest BCUT2D eigenvalue weighted by molar-refractivity contribution is 7.14. The lowest BCUT2D eigenvalue weighted by Crippen LogP contribution is -2.21. The summed E-state index contributed by atoms with van der Waals surface area (Å²) in [4.78, 5) is 22.6.